The third-order valence-corrected chi connectivity index (χ3v) is 3.27. The minimum atomic E-state index is -0.253. The van der Waals surface area contributed by atoms with Gasteiger partial charge in [-0.2, -0.15) is 0 Å². The molecule has 0 atom stereocenters. The van der Waals surface area contributed by atoms with Crippen LogP contribution in [0.3, 0.4) is 0 Å². The summed E-state index contributed by atoms with van der Waals surface area (Å²) in [5.74, 6) is 0.815. The molecule has 0 amide bonds. The van der Waals surface area contributed by atoms with E-state index in [1.54, 1.807) is 16.7 Å². The molecule has 4 nitrogen and oxygen atoms in total. The van der Waals surface area contributed by atoms with Crippen molar-refractivity contribution in [1.29, 1.82) is 0 Å². The second kappa shape index (κ2) is 6.88. The first-order chi connectivity index (χ1) is 10.2. The predicted molar refractivity (Wildman–Crippen MR) is 83.0 cm³/mol. The van der Waals surface area contributed by atoms with Gasteiger partial charge in [0.1, 0.15) is 5.75 Å². The zero-order chi connectivity index (χ0) is 15.2. The molecule has 0 saturated carbocycles. The van der Waals surface area contributed by atoms with Gasteiger partial charge in [0, 0.05) is 6.54 Å². The van der Waals surface area contributed by atoms with Crippen molar-refractivity contribution in [3.8, 4) is 17.0 Å². The second-order valence-corrected chi connectivity index (χ2v) is 4.71. The van der Waals surface area contributed by atoms with Gasteiger partial charge in [0.05, 0.1) is 17.9 Å². The highest BCUT2D eigenvalue weighted by Crippen LogP contribution is 2.22. The number of benzene rings is 1. The number of aromatic nitrogens is 1. The first-order valence-electron chi connectivity index (χ1n) is 7.13. The van der Waals surface area contributed by atoms with E-state index in [9.17, 15) is 9.59 Å². The van der Waals surface area contributed by atoms with Gasteiger partial charge in [0.25, 0.3) is 5.56 Å². The number of carbonyl (C=O) groups excluding carboxylic acids is 1. The lowest BCUT2D eigenvalue weighted by Gasteiger charge is -2.12. The molecule has 1 aromatic carbocycles. The second-order valence-electron chi connectivity index (χ2n) is 4.71. The van der Waals surface area contributed by atoms with E-state index in [1.165, 1.54) is 0 Å². The zero-order valence-electron chi connectivity index (χ0n) is 12.3. The van der Waals surface area contributed by atoms with Gasteiger partial charge in [-0.1, -0.05) is 6.92 Å². The van der Waals surface area contributed by atoms with E-state index in [1.807, 2.05) is 31.2 Å². The van der Waals surface area contributed by atoms with Crippen molar-refractivity contribution in [3.63, 3.8) is 0 Å². The highest BCUT2D eigenvalue weighted by molar-refractivity contribution is 5.75. The Kier molecular flexibility index (Phi) is 4.93. The van der Waals surface area contributed by atoms with Gasteiger partial charge in [0.15, 0.2) is 6.29 Å². The Morgan fingerprint density at radius 1 is 1.10 bits per heavy atom. The molecule has 0 aliphatic carbocycles. The van der Waals surface area contributed by atoms with E-state index in [0.717, 1.165) is 23.4 Å². The third-order valence-electron chi connectivity index (χ3n) is 3.27. The molecular formula is C17H19NO3. The van der Waals surface area contributed by atoms with E-state index < -0.39 is 0 Å². The topological polar surface area (TPSA) is 48.3 Å². The van der Waals surface area contributed by atoms with Crippen LogP contribution in [0, 0.1) is 0 Å². The zero-order valence-corrected chi connectivity index (χ0v) is 12.3. The molecule has 1 heterocycles. The van der Waals surface area contributed by atoms with E-state index in [-0.39, 0.29) is 11.1 Å². The van der Waals surface area contributed by atoms with Crippen LogP contribution in [0.4, 0.5) is 0 Å². The van der Waals surface area contributed by atoms with Gasteiger partial charge in [-0.25, -0.2) is 0 Å². The molecule has 0 spiro atoms. The van der Waals surface area contributed by atoms with Crippen LogP contribution >= 0.6 is 0 Å². The Bertz CT molecular complexity index is 671. The largest absolute Gasteiger partial charge is 0.494 e. The van der Waals surface area contributed by atoms with Crippen molar-refractivity contribution < 1.29 is 9.53 Å². The molecule has 0 unspecified atom stereocenters. The molecule has 0 saturated heterocycles. The van der Waals surface area contributed by atoms with E-state index in [0.29, 0.717) is 19.4 Å². The summed E-state index contributed by atoms with van der Waals surface area (Å²) in [6, 6.07) is 11.0. The molecule has 0 bridgehead atoms. The maximum absolute atomic E-state index is 12.1. The monoisotopic (exact) mass is 285 g/mol. The van der Waals surface area contributed by atoms with Crippen LogP contribution in [0.2, 0.25) is 0 Å². The summed E-state index contributed by atoms with van der Waals surface area (Å²) in [4.78, 5) is 23.0. The highest BCUT2D eigenvalue weighted by Gasteiger charge is 2.09. The molecule has 21 heavy (non-hydrogen) atoms. The van der Waals surface area contributed by atoms with Crippen LogP contribution in [0.15, 0.2) is 41.2 Å². The van der Waals surface area contributed by atoms with Gasteiger partial charge in [-0.3, -0.25) is 9.59 Å². The summed E-state index contributed by atoms with van der Waals surface area (Å²) in [6.45, 7) is 5.15. The molecule has 4 heteroatoms. The van der Waals surface area contributed by atoms with Gasteiger partial charge < -0.3 is 9.30 Å². The van der Waals surface area contributed by atoms with E-state index >= 15 is 0 Å². The van der Waals surface area contributed by atoms with Gasteiger partial charge in [-0.15, -0.1) is 0 Å². The molecule has 0 N–H and O–H groups in total. The van der Waals surface area contributed by atoms with Crippen LogP contribution in [-0.2, 0) is 6.54 Å². The standard InChI is InChI=1S/C17H19NO3/c1-3-11-21-15-8-5-13(6-9-15)16-10-7-14(12-19)17(20)18(16)4-2/h5-10,12H,3-4,11H2,1-2H3. The van der Waals surface area contributed by atoms with Gasteiger partial charge in [-0.05, 0) is 55.3 Å². The van der Waals surface area contributed by atoms with Crippen molar-refractivity contribution in [2.45, 2.75) is 26.8 Å². The van der Waals surface area contributed by atoms with Crippen molar-refractivity contribution in [2.24, 2.45) is 0 Å². The highest BCUT2D eigenvalue weighted by atomic mass is 16.5. The molecule has 110 valence electrons. The first-order valence-corrected chi connectivity index (χ1v) is 7.13. The Morgan fingerprint density at radius 2 is 1.81 bits per heavy atom. The lowest BCUT2D eigenvalue weighted by molar-refractivity contribution is 0.112. The predicted octanol–water partition coefficient (Wildman–Crippen LogP) is 3.14. The lowest BCUT2D eigenvalue weighted by Crippen LogP contribution is -2.24. The van der Waals surface area contributed by atoms with Crippen LogP contribution in [0.1, 0.15) is 30.6 Å². The van der Waals surface area contributed by atoms with Crippen LogP contribution in [0.5, 0.6) is 5.75 Å². The molecule has 1 aromatic heterocycles. The maximum Gasteiger partial charge on any atom is 0.261 e. The number of pyridine rings is 1. The Morgan fingerprint density at radius 3 is 2.38 bits per heavy atom. The number of aldehydes is 1. The van der Waals surface area contributed by atoms with Crippen molar-refractivity contribution in [1.82, 2.24) is 4.57 Å². The van der Waals surface area contributed by atoms with Crippen LogP contribution in [-0.4, -0.2) is 17.5 Å². The minimum Gasteiger partial charge on any atom is -0.494 e. The summed E-state index contributed by atoms with van der Waals surface area (Å²) in [6.07, 6.45) is 1.56. The number of ether oxygens (including phenoxy) is 1. The fraction of sp³-hybridized carbons (Fsp3) is 0.294. The Labute approximate surface area is 124 Å². The smallest absolute Gasteiger partial charge is 0.261 e. The van der Waals surface area contributed by atoms with Gasteiger partial charge >= 0.3 is 0 Å². The number of rotatable bonds is 6. The molecule has 0 radical (unpaired) electrons. The molecule has 2 aromatic rings. The van der Waals surface area contributed by atoms with Crippen molar-refractivity contribution >= 4 is 6.29 Å². The summed E-state index contributed by atoms with van der Waals surface area (Å²) >= 11 is 0. The number of nitrogens with zero attached hydrogens (tertiary/aromatic N) is 1. The third kappa shape index (κ3) is 3.21. The minimum absolute atomic E-state index is 0.184. The van der Waals surface area contributed by atoms with Gasteiger partial charge in [0.2, 0.25) is 0 Å². The summed E-state index contributed by atoms with van der Waals surface area (Å²) in [5.41, 5.74) is 1.66. The van der Waals surface area contributed by atoms with E-state index in [4.69, 9.17) is 4.74 Å². The summed E-state index contributed by atoms with van der Waals surface area (Å²) < 4.78 is 7.15. The summed E-state index contributed by atoms with van der Waals surface area (Å²) in [5, 5.41) is 0. The van der Waals surface area contributed by atoms with E-state index in [2.05, 4.69) is 6.92 Å². The van der Waals surface area contributed by atoms with Crippen LogP contribution in [0.25, 0.3) is 11.3 Å². The van der Waals surface area contributed by atoms with Crippen molar-refractivity contribution in [2.75, 3.05) is 6.61 Å². The van der Waals surface area contributed by atoms with Crippen LogP contribution < -0.4 is 10.3 Å². The molecular weight excluding hydrogens is 266 g/mol. The molecule has 0 fully saturated rings. The lowest BCUT2D eigenvalue weighted by atomic mass is 10.1. The Balaban J connectivity index is 2.40. The number of carbonyl (C=O) groups is 1. The van der Waals surface area contributed by atoms with Crippen molar-refractivity contribution in [3.05, 3.63) is 52.3 Å². The molecule has 0 aliphatic heterocycles. The Hall–Kier alpha value is -2.36. The summed E-state index contributed by atoms with van der Waals surface area (Å²) in [7, 11) is 0. The maximum atomic E-state index is 12.1. The molecule has 2 rings (SSSR count). The fourth-order valence-corrected chi connectivity index (χ4v) is 2.19. The molecule has 0 aliphatic rings. The fourth-order valence-electron chi connectivity index (χ4n) is 2.19. The number of hydrogen-bond donors (Lipinski definition) is 0. The average Bonchev–Trinajstić information content (AvgIpc) is 2.53. The number of hydrogen-bond acceptors (Lipinski definition) is 3. The normalized spacial score (nSPS) is 10.4. The quantitative estimate of drug-likeness (QED) is 0.766. The SMILES string of the molecule is CCCOc1ccc(-c2ccc(C=O)c(=O)n2CC)cc1. The average molecular weight is 285 g/mol. The first kappa shape index (κ1) is 15.0.